The van der Waals surface area contributed by atoms with Crippen LogP contribution in [0, 0.1) is 0 Å². The highest BCUT2D eigenvalue weighted by Gasteiger charge is 2.24. The van der Waals surface area contributed by atoms with E-state index in [0.717, 1.165) is 0 Å². The summed E-state index contributed by atoms with van der Waals surface area (Å²) < 4.78 is 0. The SMILES string of the molecule is CCCCCCCCCCCCCCCCN1C=CN(CCCC)C1CCCCCCCCCC. The highest BCUT2D eigenvalue weighted by Crippen LogP contribution is 2.23. The first-order valence-electron chi connectivity index (χ1n) is 16.5. The quantitative estimate of drug-likeness (QED) is 0.106. The second-order valence-electron chi connectivity index (χ2n) is 11.5. The van der Waals surface area contributed by atoms with Gasteiger partial charge >= 0.3 is 0 Å². The normalized spacial score (nSPS) is 15.6. The van der Waals surface area contributed by atoms with E-state index in [2.05, 4.69) is 43.0 Å². The number of hydrogen-bond donors (Lipinski definition) is 0. The Balaban J connectivity index is 2.07. The molecule has 1 aliphatic rings. The van der Waals surface area contributed by atoms with Crippen molar-refractivity contribution in [1.29, 1.82) is 0 Å². The standard InChI is InChI=1S/C33H66N2/c1-4-7-10-12-14-16-17-18-19-20-21-23-25-27-30-35-32-31-34(29-9-6-3)33(35)28-26-24-22-15-13-11-8-5-2/h31-33H,4-30H2,1-3H3. The van der Waals surface area contributed by atoms with Crippen LogP contribution in [0.25, 0.3) is 0 Å². The van der Waals surface area contributed by atoms with Crippen molar-refractivity contribution < 1.29 is 0 Å². The van der Waals surface area contributed by atoms with E-state index < -0.39 is 0 Å². The van der Waals surface area contributed by atoms with Crippen LogP contribution in [0.5, 0.6) is 0 Å². The third kappa shape index (κ3) is 18.3. The summed E-state index contributed by atoms with van der Waals surface area (Å²) in [5.74, 6) is 0. The lowest BCUT2D eigenvalue weighted by Gasteiger charge is -2.33. The smallest absolute Gasteiger partial charge is 0.101 e. The maximum atomic E-state index is 2.68. The first kappa shape index (κ1) is 32.4. The summed E-state index contributed by atoms with van der Waals surface area (Å²) in [7, 11) is 0. The molecule has 0 fully saturated rings. The molecule has 2 heteroatoms. The highest BCUT2D eigenvalue weighted by molar-refractivity contribution is 4.96. The zero-order chi connectivity index (χ0) is 25.2. The largest absolute Gasteiger partial charge is 0.356 e. The topological polar surface area (TPSA) is 6.48 Å². The third-order valence-corrected chi connectivity index (χ3v) is 8.07. The lowest BCUT2D eigenvalue weighted by atomic mass is 10.0. The number of hydrogen-bond acceptors (Lipinski definition) is 2. The van der Waals surface area contributed by atoms with Gasteiger partial charge in [0.25, 0.3) is 0 Å². The maximum Gasteiger partial charge on any atom is 0.101 e. The van der Waals surface area contributed by atoms with Crippen molar-refractivity contribution in [2.24, 2.45) is 0 Å². The molecular weight excluding hydrogens is 424 g/mol. The van der Waals surface area contributed by atoms with E-state index in [0.29, 0.717) is 6.17 Å². The third-order valence-electron chi connectivity index (χ3n) is 8.07. The van der Waals surface area contributed by atoms with Gasteiger partial charge in [-0.05, 0) is 25.7 Å². The van der Waals surface area contributed by atoms with Gasteiger partial charge in [-0.2, -0.15) is 0 Å². The molecular formula is C33H66N2. The van der Waals surface area contributed by atoms with Crippen LogP contribution in [0.1, 0.15) is 181 Å². The zero-order valence-electron chi connectivity index (χ0n) is 24.7. The van der Waals surface area contributed by atoms with Crippen LogP contribution in [0.2, 0.25) is 0 Å². The average molecular weight is 491 g/mol. The molecule has 0 aromatic carbocycles. The fourth-order valence-electron chi connectivity index (χ4n) is 5.63. The van der Waals surface area contributed by atoms with Gasteiger partial charge in [-0.15, -0.1) is 0 Å². The summed E-state index contributed by atoms with van der Waals surface area (Å²) in [5.41, 5.74) is 0. The van der Waals surface area contributed by atoms with Crippen molar-refractivity contribution in [2.45, 2.75) is 187 Å². The molecule has 2 nitrogen and oxygen atoms in total. The highest BCUT2D eigenvalue weighted by atomic mass is 15.4. The number of rotatable bonds is 27. The summed E-state index contributed by atoms with van der Waals surface area (Å²) in [6.07, 6.45) is 41.1. The molecule has 1 heterocycles. The molecule has 0 amide bonds. The van der Waals surface area contributed by atoms with E-state index in [1.54, 1.807) is 0 Å². The van der Waals surface area contributed by atoms with E-state index in [-0.39, 0.29) is 0 Å². The Morgan fingerprint density at radius 2 is 0.686 bits per heavy atom. The van der Waals surface area contributed by atoms with E-state index in [9.17, 15) is 0 Å². The minimum atomic E-state index is 0.642. The molecule has 1 unspecified atom stereocenters. The fraction of sp³-hybridized carbons (Fsp3) is 0.939. The van der Waals surface area contributed by atoms with Gasteiger partial charge in [0, 0.05) is 25.5 Å². The summed E-state index contributed by atoms with van der Waals surface area (Å²) in [4.78, 5) is 5.33. The van der Waals surface area contributed by atoms with Gasteiger partial charge in [0.05, 0.1) is 0 Å². The maximum absolute atomic E-state index is 2.68. The lowest BCUT2D eigenvalue weighted by molar-refractivity contribution is 0.136. The molecule has 1 atom stereocenters. The Bertz CT molecular complexity index is 446. The molecule has 0 aromatic rings. The van der Waals surface area contributed by atoms with Crippen LogP contribution >= 0.6 is 0 Å². The average Bonchev–Trinajstić information content (AvgIpc) is 3.25. The monoisotopic (exact) mass is 491 g/mol. The van der Waals surface area contributed by atoms with Gasteiger partial charge in [0.2, 0.25) is 0 Å². The molecule has 208 valence electrons. The van der Waals surface area contributed by atoms with Gasteiger partial charge in [-0.1, -0.05) is 156 Å². The van der Waals surface area contributed by atoms with Crippen LogP contribution in [0.3, 0.4) is 0 Å². The Morgan fingerprint density at radius 1 is 0.371 bits per heavy atom. The van der Waals surface area contributed by atoms with Crippen molar-refractivity contribution in [3.8, 4) is 0 Å². The zero-order valence-corrected chi connectivity index (χ0v) is 24.7. The molecule has 0 aliphatic carbocycles. The van der Waals surface area contributed by atoms with E-state index in [1.807, 2.05) is 0 Å². The summed E-state index contributed by atoms with van der Waals surface area (Å²) in [6, 6.07) is 0. The minimum Gasteiger partial charge on any atom is -0.356 e. The number of unbranched alkanes of at least 4 members (excludes halogenated alkanes) is 21. The van der Waals surface area contributed by atoms with Gasteiger partial charge < -0.3 is 9.80 Å². The molecule has 0 saturated heterocycles. The Kier molecular flexibility index (Phi) is 23.1. The van der Waals surface area contributed by atoms with Crippen LogP contribution in [0.15, 0.2) is 12.4 Å². The van der Waals surface area contributed by atoms with Crippen LogP contribution in [-0.4, -0.2) is 29.1 Å². The molecule has 0 bridgehead atoms. The van der Waals surface area contributed by atoms with E-state index >= 15 is 0 Å². The van der Waals surface area contributed by atoms with Gasteiger partial charge in [-0.25, -0.2) is 0 Å². The van der Waals surface area contributed by atoms with Crippen LogP contribution in [0.4, 0.5) is 0 Å². The molecule has 0 radical (unpaired) electrons. The van der Waals surface area contributed by atoms with Crippen molar-refractivity contribution in [3.63, 3.8) is 0 Å². The van der Waals surface area contributed by atoms with Crippen molar-refractivity contribution in [2.75, 3.05) is 13.1 Å². The van der Waals surface area contributed by atoms with Crippen LogP contribution < -0.4 is 0 Å². The Labute approximate surface area is 222 Å². The first-order chi connectivity index (χ1) is 17.3. The van der Waals surface area contributed by atoms with Crippen molar-refractivity contribution >= 4 is 0 Å². The predicted molar refractivity (Wildman–Crippen MR) is 159 cm³/mol. The number of nitrogens with zero attached hydrogens (tertiary/aromatic N) is 2. The first-order valence-corrected chi connectivity index (χ1v) is 16.5. The van der Waals surface area contributed by atoms with Crippen LogP contribution in [-0.2, 0) is 0 Å². The Morgan fingerprint density at radius 3 is 1.09 bits per heavy atom. The minimum absolute atomic E-state index is 0.642. The molecule has 0 spiro atoms. The molecule has 0 saturated carbocycles. The second-order valence-corrected chi connectivity index (χ2v) is 11.5. The molecule has 1 rings (SSSR count). The Hall–Kier alpha value is -0.660. The van der Waals surface area contributed by atoms with E-state index in [4.69, 9.17) is 0 Å². The van der Waals surface area contributed by atoms with Gasteiger partial charge in [0.1, 0.15) is 6.17 Å². The molecule has 35 heavy (non-hydrogen) atoms. The summed E-state index contributed by atoms with van der Waals surface area (Å²) >= 11 is 0. The van der Waals surface area contributed by atoms with Crippen molar-refractivity contribution in [3.05, 3.63) is 12.4 Å². The molecule has 0 N–H and O–H groups in total. The fourth-order valence-corrected chi connectivity index (χ4v) is 5.63. The predicted octanol–water partition coefficient (Wildman–Crippen LogP) is 11.2. The lowest BCUT2D eigenvalue weighted by Crippen LogP contribution is -2.39. The van der Waals surface area contributed by atoms with Gasteiger partial charge in [0.15, 0.2) is 0 Å². The second kappa shape index (κ2) is 25.0. The summed E-state index contributed by atoms with van der Waals surface area (Å²) in [5, 5.41) is 0. The summed E-state index contributed by atoms with van der Waals surface area (Å²) in [6.45, 7) is 9.44. The van der Waals surface area contributed by atoms with Crippen molar-refractivity contribution in [1.82, 2.24) is 9.80 Å². The van der Waals surface area contributed by atoms with Gasteiger partial charge in [-0.3, -0.25) is 0 Å². The van der Waals surface area contributed by atoms with E-state index in [1.165, 1.54) is 174 Å². The molecule has 0 aromatic heterocycles. The molecule has 1 aliphatic heterocycles.